The average Bonchev–Trinajstić information content (AvgIpc) is 2.82. The van der Waals surface area contributed by atoms with Crippen molar-refractivity contribution in [3.63, 3.8) is 0 Å². The lowest BCUT2D eigenvalue weighted by atomic mass is 10.4. The molecular weight excluding hydrogens is 308 g/mol. The van der Waals surface area contributed by atoms with Crippen molar-refractivity contribution < 1.29 is 27.0 Å². The third-order valence-electron chi connectivity index (χ3n) is 3.29. The molecule has 0 saturated carbocycles. The van der Waals surface area contributed by atoms with Gasteiger partial charge < -0.3 is 14.0 Å². The van der Waals surface area contributed by atoms with Gasteiger partial charge in [0, 0.05) is 19.5 Å². The number of hydrogen-bond donors (Lipinski definition) is 0. The predicted octanol–water partition coefficient (Wildman–Crippen LogP) is 0.674. The summed E-state index contributed by atoms with van der Waals surface area (Å²) in [5, 5.41) is 0. The Hall–Kier alpha value is -0.960. The highest BCUT2D eigenvalue weighted by Crippen LogP contribution is 2.01. The van der Waals surface area contributed by atoms with E-state index in [0.717, 1.165) is 18.7 Å². The highest BCUT2D eigenvalue weighted by molar-refractivity contribution is 7.85. The minimum Gasteiger partial charge on any atom is -0.748 e. The van der Waals surface area contributed by atoms with E-state index in [-0.39, 0.29) is 5.75 Å². The molecule has 0 radical (unpaired) electrons. The molecule has 0 bridgehead atoms. The van der Waals surface area contributed by atoms with Crippen LogP contribution in [0, 0.1) is 0 Å². The van der Waals surface area contributed by atoms with Gasteiger partial charge in [0.05, 0.1) is 23.3 Å². The van der Waals surface area contributed by atoms with Gasteiger partial charge in [0.15, 0.2) is 0 Å². The molecule has 0 N–H and O–H groups in total. The zero-order valence-corrected chi connectivity index (χ0v) is 14.2. The van der Waals surface area contributed by atoms with E-state index >= 15 is 0 Å². The molecule has 0 aromatic carbocycles. The summed E-state index contributed by atoms with van der Waals surface area (Å²) in [6.45, 7) is 5.03. The Morgan fingerprint density at radius 1 is 1.32 bits per heavy atom. The van der Waals surface area contributed by atoms with E-state index in [2.05, 4.69) is 6.92 Å². The summed E-state index contributed by atoms with van der Waals surface area (Å²) in [6.07, 6.45) is 6.18. The van der Waals surface area contributed by atoms with Crippen molar-refractivity contribution in [3.05, 3.63) is 18.2 Å². The van der Waals surface area contributed by atoms with Crippen LogP contribution >= 0.6 is 0 Å². The van der Waals surface area contributed by atoms with Crippen molar-refractivity contribution in [2.75, 3.05) is 26.1 Å². The summed E-state index contributed by atoms with van der Waals surface area (Å²) in [7, 11) is -2.51. The van der Waals surface area contributed by atoms with Crippen LogP contribution in [-0.2, 0) is 39.3 Å². The van der Waals surface area contributed by atoms with Crippen molar-refractivity contribution in [2.24, 2.45) is 0 Å². The SMILES string of the molecule is CCCCOCc1n(CCOC)cc[n+]1CCCS(=O)(=O)[O-]. The number of unbranched alkanes of at least 4 members (excludes halogenated alkanes) is 1. The number of imidazole rings is 1. The summed E-state index contributed by atoms with van der Waals surface area (Å²) in [4.78, 5) is 0. The predicted molar refractivity (Wildman–Crippen MR) is 80.2 cm³/mol. The standard InChI is InChI=1S/C14H26N2O5S/c1-3-4-10-21-13-14-15(6-5-12-22(17,18)19)7-8-16(14)9-11-20-2/h7-8H,3-6,9-13H2,1-2H3. The number of aromatic nitrogens is 2. The third kappa shape index (κ3) is 7.35. The van der Waals surface area contributed by atoms with Gasteiger partial charge in [-0.3, -0.25) is 0 Å². The molecular formula is C14H26N2O5S. The maximum Gasteiger partial charge on any atom is 0.282 e. The van der Waals surface area contributed by atoms with Crippen LogP contribution in [-0.4, -0.2) is 43.6 Å². The molecule has 0 amide bonds. The van der Waals surface area contributed by atoms with Crippen LogP contribution in [0.1, 0.15) is 32.0 Å². The highest BCUT2D eigenvalue weighted by atomic mass is 32.2. The van der Waals surface area contributed by atoms with Crippen LogP contribution in [0.25, 0.3) is 0 Å². The van der Waals surface area contributed by atoms with E-state index < -0.39 is 10.1 Å². The summed E-state index contributed by atoms with van der Waals surface area (Å²) >= 11 is 0. The second kappa shape index (κ2) is 9.94. The number of hydrogen-bond acceptors (Lipinski definition) is 5. The fourth-order valence-corrected chi connectivity index (χ4v) is 2.56. The fourth-order valence-electron chi connectivity index (χ4n) is 2.08. The highest BCUT2D eigenvalue weighted by Gasteiger charge is 2.17. The Morgan fingerprint density at radius 2 is 2.09 bits per heavy atom. The molecule has 0 aliphatic heterocycles. The van der Waals surface area contributed by atoms with Gasteiger partial charge >= 0.3 is 0 Å². The van der Waals surface area contributed by atoms with Crippen molar-refractivity contribution >= 4 is 10.1 Å². The Labute approximate surface area is 132 Å². The summed E-state index contributed by atoms with van der Waals surface area (Å²) in [6, 6.07) is 0. The quantitative estimate of drug-likeness (QED) is 0.319. The zero-order chi connectivity index (χ0) is 16.4. The van der Waals surface area contributed by atoms with Gasteiger partial charge in [-0.1, -0.05) is 13.3 Å². The van der Waals surface area contributed by atoms with Crippen LogP contribution in [0.4, 0.5) is 0 Å². The van der Waals surface area contributed by atoms with Crippen LogP contribution in [0.5, 0.6) is 0 Å². The topological polar surface area (TPSA) is 84.5 Å². The molecule has 1 rings (SSSR count). The van der Waals surface area contributed by atoms with Crippen molar-refractivity contribution in [1.82, 2.24) is 4.57 Å². The van der Waals surface area contributed by atoms with Gasteiger partial charge in [-0.25, -0.2) is 17.6 Å². The van der Waals surface area contributed by atoms with E-state index in [1.165, 1.54) is 0 Å². The average molecular weight is 334 g/mol. The van der Waals surface area contributed by atoms with E-state index in [1.54, 1.807) is 7.11 Å². The minimum atomic E-state index is -4.16. The smallest absolute Gasteiger partial charge is 0.282 e. The number of methoxy groups -OCH3 is 1. The van der Waals surface area contributed by atoms with Gasteiger partial charge in [0.2, 0.25) is 0 Å². The van der Waals surface area contributed by atoms with Gasteiger partial charge in [0.25, 0.3) is 5.82 Å². The number of ether oxygens (including phenoxy) is 2. The van der Waals surface area contributed by atoms with Crippen LogP contribution in [0.15, 0.2) is 12.4 Å². The third-order valence-corrected chi connectivity index (χ3v) is 4.08. The van der Waals surface area contributed by atoms with Gasteiger partial charge in [-0.2, -0.15) is 0 Å². The molecule has 1 aromatic rings. The molecule has 0 fully saturated rings. The van der Waals surface area contributed by atoms with E-state index in [4.69, 9.17) is 9.47 Å². The fraction of sp³-hybridized carbons (Fsp3) is 0.786. The zero-order valence-electron chi connectivity index (χ0n) is 13.4. The molecule has 0 spiro atoms. The monoisotopic (exact) mass is 334 g/mol. The van der Waals surface area contributed by atoms with Crippen molar-refractivity contribution in [1.29, 1.82) is 0 Å². The first-order valence-electron chi connectivity index (χ1n) is 7.55. The Morgan fingerprint density at radius 3 is 2.73 bits per heavy atom. The van der Waals surface area contributed by atoms with Crippen LogP contribution < -0.4 is 4.57 Å². The van der Waals surface area contributed by atoms with Gasteiger partial charge in [-0.15, -0.1) is 0 Å². The first-order valence-corrected chi connectivity index (χ1v) is 9.13. The number of rotatable bonds is 12. The second-order valence-corrected chi connectivity index (χ2v) is 6.64. The summed E-state index contributed by atoms with van der Waals surface area (Å²) in [5.74, 6) is 0.607. The first-order chi connectivity index (χ1) is 10.5. The number of nitrogens with zero attached hydrogens (tertiary/aromatic N) is 2. The van der Waals surface area contributed by atoms with Crippen molar-refractivity contribution in [3.8, 4) is 0 Å². The molecule has 7 nitrogen and oxygen atoms in total. The first kappa shape index (κ1) is 19.1. The van der Waals surface area contributed by atoms with Gasteiger partial charge in [-0.05, 0) is 12.8 Å². The molecule has 0 aliphatic rings. The Balaban J connectivity index is 2.66. The molecule has 128 valence electrons. The van der Waals surface area contributed by atoms with E-state index in [0.29, 0.717) is 39.3 Å². The molecule has 1 heterocycles. The maximum atomic E-state index is 10.7. The van der Waals surface area contributed by atoms with Gasteiger partial charge in [0.1, 0.15) is 25.5 Å². The molecule has 0 saturated heterocycles. The Kier molecular flexibility index (Phi) is 8.62. The van der Waals surface area contributed by atoms with Crippen LogP contribution in [0.2, 0.25) is 0 Å². The maximum absolute atomic E-state index is 10.7. The van der Waals surface area contributed by atoms with E-state index in [1.807, 2.05) is 21.5 Å². The summed E-state index contributed by atoms with van der Waals surface area (Å²) < 4.78 is 46.8. The normalized spacial score (nSPS) is 12.0. The second-order valence-electron chi connectivity index (χ2n) is 5.12. The lowest BCUT2D eigenvalue weighted by Crippen LogP contribution is -2.38. The molecule has 0 atom stereocenters. The number of aryl methyl sites for hydroxylation is 1. The van der Waals surface area contributed by atoms with Crippen molar-refractivity contribution in [2.45, 2.75) is 45.9 Å². The molecule has 8 heteroatoms. The van der Waals surface area contributed by atoms with Crippen LogP contribution in [0.3, 0.4) is 0 Å². The Bertz CT molecular complexity index is 527. The molecule has 0 aliphatic carbocycles. The largest absolute Gasteiger partial charge is 0.748 e. The molecule has 1 aromatic heterocycles. The molecule has 22 heavy (non-hydrogen) atoms. The molecule has 0 unspecified atom stereocenters. The lowest BCUT2D eigenvalue weighted by Gasteiger charge is -2.08. The lowest BCUT2D eigenvalue weighted by molar-refractivity contribution is -0.705. The van der Waals surface area contributed by atoms with E-state index in [9.17, 15) is 13.0 Å². The summed E-state index contributed by atoms with van der Waals surface area (Å²) in [5.41, 5.74) is 0. The minimum absolute atomic E-state index is 0.298.